The number of hydrogen-bond acceptors (Lipinski definition) is 3. The molecule has 0 saturated carbocycles. The maximum atomic E-state index is 13.1. The first-order chi connectivity index (χ1) is 8.58. The summed E-state index contributed by atoms with van der Waals surface area (Å²) in [6.07, 6.45) is 1.54. The molecule has 18 heavy (non-hydrogen) atoms. The van der Waals surface area contributed by atoms with E-state index in [4.69, 9.17) is 16.7 Å². The van der Waals surface area contributed by atoms with E-state index in [2.05, 4.69) is 10.3 Å². The highest BCUT2D eigenvalue weighted by Gasteiger charge is 2.09. The molecular formula is C12H9ClF2N2O. The first-order valence-corrected chi connectivity index (χ1v) is 5.47. The van der Waals surface area contributed by atoms with Crippen LogP contribution in [0.5, 0.6) is 5.75 Å². The van der Waals surface area contributed by atoms with Crippen molar-refractivity contribution in [2.24, 2.45) is 0 Å². The molecule has 3 nitrogen and oxygen atoms in total. The zero-order valence-electron chi connectivity index (χ0n) is 9.12. The van der Waals surface area contributed by atoms with Crippen LogP contribution in [0.2, 0.25) is 5.15 Å². The third-order valence-electron chi connectivity index (χ3n) is 2.32. The van der Waals surface area contributed by atoms with Crippen molar-refractivity contribution in [1.29, 1.82) is 0 Å². The van der Waals surface area contributed by atoms with Gasteiger partial charge in [-0.05, 0) is 29.8 Å². The van der Waals surface area contributed by atoms with Crippen molar-refractivity contribution >= 4 is 17.3 Å². The van der Waals surface area contributed by atoms with E-state index in [0.717, 1.165) is 12.1 Å². The molecule has 0 atom stereocenters. The average Bonchev–Trinajstić information content (AvgIpc) is 2.35. The molecule has 0 amide bonds. The van der Waals surface area contributed by atoms with Gasteiger partial charge in [0.2, 0.25) is 0 Å². The normalized spacial score (nSPS) is 10.4. The van der Waals surface area contributed by atoms with Crippen LogP contribution < -0.4 is 5.32 Å². The van der Waals surface area contributed by atoms with Gasteiger partial charge in [0.25, 0.3) is 0 Å². The fourth-order valence-corrected chi connectivity index (χ4v) is 1.62. The summed E-state index contributed by atoms with van der Waals surface area (Å²) in [5, 5.41) is 12.1. The second-order valence-corrected chi connectivity index (χ2v) is 3.96. The number of aromatic hydroxyl groups is 1. The number of hydrogen-bond donors (Lipinski definition) is 2. The Balaban J connectivity index is 2.14. The summed E-state index contributed by atoms with van der Waals surface area (Å²) in [6.45, 7) is 0.166. The van der Waals surface area contributed by atoms with Gasteiger partial charge in [-0.25, -0.2) is 13.8 Å². The maximum Gasteiger partial charge on any atom is 0.187 e. The molecule has 6 heteroatoms. The standard InChI is InChI=1S/C12H9ClF2N2O/c13-12-10(2-1-3-16-12)17-6-7-4-8(14)11(18)9(15)5-7/h1-5,17-18H,6H2. The summed E-state index contributed by atoms with van der Waals surface area (Å²) in [6, 6.07) is 5.49. The van der Waals surface area contributed by atoms with Crippen LogP contribution >= 0.6 is 11.6 Å². The van der Waals surface area contributed by atoms with E-state index < -0.39 is 17.4 Å². The van der Waals surface area contributed by atoms with E-state index >= 15 is 0 Å². The number of rotatable bonds is 3. The van der Waals surface area contributed by atoms with Gasteiger partial charge in [-0.3, -0.25) is 0 Å². The van der Waals surface area contributed by atoms with Gasteiger partial charge in [0, 0.05) is 12.7 Å². The predicted octanol–water partition coefficient (Wildman–Crippen LogP) is 3.33. The zero-order chi connectivity index (χ0) is 13.1. The highest BCUT2D eigenvalue weighted by Crippen LogP contribution is 2.23. The molecule has 0 unspecified atom stereocenters. The Kier molecular flexibility index (Phi) is 3.62. The number of phenolic OH excluding ortho intramolecular Hbond substituents is 1. The molecule has 0 aliphatic heterocycles. The topological polar surface area (TPSA) is 45.1 Å². The molecule has 0 spiro atoms. The van der Waals surface area contributed by atoms with Crippen LogP contribution in [-0.4, -0.2) is 10.1 Å². The van der Waals surface area contributed by atoms with Gasteiger partial charge in [-0.1, -0.05) is 11.6 Å². The quantitative estimate of drug-likeness (QED) is 0.841. The molecule has 94 valence electrons. The van der Waals surface area contributed by atoms with Gasteiger partial charge in [-0.2, -0.15) is 0 Å². The van der Waals surface area contributed by atoms with E-state index in [1.807, 2.05) is 0 Å². The van der Waals surface area contributed by atoms with Crippen molar-refractivity contribution in [3.05, 3.63) is 52.8 Å². The Bertz CT molecular complexity index is 555. The number of nitrogens with one attached hydrogen (secondary N) is 1. The van der Waals surface area contributed by atoms with Crippen molar-refractivity contribution < 1.29 is 13.9 Å². The molecule has 0 bridgehead atoms. The molecule has 2 N–H and O–H groups in total. The van der Waals surface area contributed by atoms with E-state index in [1.54, 1.807) is 12.1 Å². The SMILES string of the molecule is Oc1c(F)cc(CNc2cccnc2Cl)cc1F. The van der Waals surface area contributed by atoms with E-state index in [-0.39, 0.29) is 11.7 Å². The Morgan fingerprint density at radius 1 is 1.28 bits per heavy atom. The maximum absolute atomic E-state index is 13.1. The lowest BCUT2D eigenvalue weighted by molar-refractivity contribution is 0.395. The molecule has 1 aromatic heterocycles. The Morgan fingerprint density at radius 2 is 1.94 bits per heavy atom. The third kappa shape index (κ3) is 2.68. The van der Waals surface area contributed by atoms with Crippen LogP contribution in [0.1, 0.15) is 5.56 Å². The Labute approximate surface area is 107 Å². The van der Waals surface area contributed by atoms with Gasteiger partial charge < -0.3 is 10.4 Å². The third-order valence-corrected chi connectivity index (χ3v) is 2.62. The van der Waals surface area contributed by atoms with E-state index in [1.165, 1.54) is 6.20 Å². The number of halogens is 3. The molecule has 1 aromatic carbocycles. The number of pyridine rings is 1. The molecule has 1 heterocycles. The summed E-state index contributed by atoms with van der Waals surface area (Å²) in [5.74, 6) is -2.97. The molecule has 0 radical (unpaired) electrons. The van der Waals surface area contributed by atoms with Crippen molar-refractivity contribution in [3.63, 3.8) is 0 Å². The number of anilines is 1. The van der Waals surface area contributed by atoms with E-state index in [0.29, 0.717) is 11.3 Å². The van der Waals surface area contributed by atoms with Gasteiger partial charge in [-0.15, -0.1) is 0 Å². The summed E-state index contributed by atoms with van der Waals surface area (Å²) < 4.78 is 26.2. The average molecular weight is 271 g/mol. The number of nitrogens with zero attached hydrogens (tertiary/aromatic N) is 1. The monoisotopic (exact) mass is 270 g/mol. The van der Waals surface area contributed by atoms with Crippen LogP contribution in [-0.2, 0) is 6.54 Å². The van der Waals surface area contributed by atoms with Crippen LogP contribution in [0.3, 0.4) is 0 Å². The summed E-state index contributed by atoms with van der Waals surface area (Å²) in [7, 11) is 0. The molecule has 0 aliphatic rings. The summed E-state index contributed by atoms with van der Waals surface area (Å²) in [4.78, 5) is 3.86. The van der Waals surface area contributed by atoms with Gasteiger partial charge >= 0.3 is 0 Å². The predicted molar refractivity (Wildman–Crippen MR) is 64.6 cm³/mol. The number of benzene rings is 1. The first kappa shape index (κ1) is 12.6. The molecule has 0 fully saturated rings. The fourth-order valence-electron chi connectivity index (χ4n) is 1.44. The Hall–Kier alpha value is -1.88. The summed E-state index contributed by atoms with van der Waals surface area (Å²) >= 11 is 5.82. The minimum Gasteiger partial charge on any atom is -0.503 e. The van der Waals surface area contributed by atoms with Crippen LogP contribution in [0, 0.1) is 11.6 Å². The molecule has 2 aromatic rings. The largest absolute Gasteiger partial charge is 0.503 e. The Morgan fingerprint density at radius 3 is 2.56 bits per heavy atom. The van der Waals surface area contributed by atoms with Crippen LogP contribution in [0.4, 0.5) is 14.5 Å². The summed E-state index contributed by atoms with van der Waals surface area (Å²) in [5.41, 5.74) is 0.913. The second-order valence-electron chi connectivity index (χ2n) is 3.60. The lowest BCUT2D eigenvalue weighted by Gasteiger charge is -2.08. The fraction of sp³-hybridized carbons (Fsp3) is 0.0833. The second kappa shape index (κ2) is 5.18. The zero-order valence-corrected chi connectivity index (χ0v) is 9.88. The van der Waals surface area contributed by atoms with Crippen LogP contribution in [0.25, 0.3) is 0 Å². The van der Waals surface area contributed by atoms with Crippen molar-refractivity contribution in [2.45, 2.75) is 6.54 Å². The smallest absolute Gasteiger partial charge is 0.187 e. The minimum absolute atomic E-state index is 0.166. The van der Waals surface area contributed by atoms with E-state index in [9.17, 15) is 8.78 Å². The minimum atomic E-state index is -0.996. The van der Waals surface area contributed by atoms with Crippen LogP contribution in [0.15, 0.2) is 30.5 Å². The van der Waals surface area contributed by atoms with Gasteiger partial charge in [0.15, 0.2) is 22.5 Å². The molecule has 0 saturated heterocycles. The number of aromatic nitrogens is 1. The molecule has 0 aliphatic carbocycles. The van der Waals surface area contributed by atoms with Gasteiger partial charge in [0.05, 0.1) is 5.69 Å². The highest BCUT2D eigenvalue weighted by molar-refractivity contribution is 6.31. The van der Waals surface area contributed by atoms with Crippen molar-refractivity contribution in [2.75, 3.05) is 5.32 Å². The van der Waals surface area contributed by atoms with Crippen molar-refractivity contribution in [3.8, 4) is 5.75 Å². The first-order valence-electron chi connectivity index (χ1n) is 5.09. The molecule has 2 rings (SSSR count). The molecular weight excluding hydrogens is 262 g/mol. The lowest BCUT2D eigenvalue weighted by atomic mass is 10.2. The van der Waals surface area contributed by atoms with Crippen molar-refractivity contribution in [1.82, 2.24) is 4.98 Å². The van der Waals surface area contributed by atoms with Gasteiger partial charge in [0.1, 0.15) is 0 Å². The number of phenols is 1. The highest BCUT2D eigenvalue weighted by atomic mass is 35.5. The lowest BCUT2D eigenvalue weighted by Crippen LogP contribution is -2.01.